The number of allylic oxidation sites excluding steroid dienone is 2. The van der Waals surface area contributed by atoms with Crippen LogP contribution in [0.1, 0.15) is 24.5 Å². The van der Waals surface area contributed by atoms with E-state index in [4.69, 9.17) is 11.6 Å². The van der Waals surface area contributed by atoms with Crippen LogP contribution in [0.3, 0.4) is 0 Å². The summed E-state index contributed by atoms with van der Waals surface area (Å²) in [6.45, 7) is 2.15. The topological polar surface area (TPSA) is 0 Å². The summed E-state index contributed by atoms with van der Waals surface area (Å²) in [6, 6.07) is 4.18. The predicted octanol–water partition coefficient (Wildman–Crippen LogP) is 4.45. The average molecular weight is 258 g/mol. The second kappa shape index (κ2) is 3.47. The lowest BCUT2D eigenvalue weighted by Crippen LogP contribution is -1.97. The van der Waals surface area contributed by atoms with Crippen LogP contribution in [0.5, 0.6) is 0 Å². The summed E-state index contributed by atoms with van der Waals surface area (Å²) in [5.41, 5.74) is 4.06. The Morgan fingerprint density at radius 3 is 2.92 bits per heavy atom. The molecule has 2 rings (SSSR count). The van der Waals surface area contributed by atoms with Crippen molar-refractivity contribution in [2.45, 2.75) is 19.8 Å². The average Bonchev–Trinajstić information content (AvgIpc) is 2.09. The molecule has 0 heterocycles. The molecular weight excluding hydrogens is 247 g/mol. The van der Waals surface area contributed by atoms with E-state index < -0.39 is 0 Å². The molecule has 1 aliphatic rings. The first-order valence-corrected chi connectivity index (χ1v) is 5.50. The first kappa shape index (κ1) is 9.29. The smallest absolute Gasteiger partial charge is 0.0551 e. The Bertz CT molecular complexity index is 380. The van der Waals surface area contributed by atoms with E-state index in [9.17, 15) is 0 Å². The third kappa shape index (κ3) is 1.68. The molecular formula is C11H10BrCl. The van der Waals surface area contributed by atoms with Crippen molar-refractivity contribution in [3.63, 3.8) is 0 Å². The molecule has 13 heavy (non-hydrogen) atoms. The van der Waals surface area contributed by atoms with Crippen LogP contribution in [0.2, 0.25) is 5.02 Å². The molecule has 0 aliphatic heterocycles. The summed E-state index contributed by atoms with van der Waals surface area (Å²) < 4.78 is 0.988. The van der Waals surface area contributed by atoms with Gasteiger partial charge in [-0.25, -0.2) is 0 Å². The van der Waals surface area contributed by atoms with Gasteiger partial charge in [-0.15, -0.1) is 0 Å². The van der Waals surface area contributed by atoms with E-state index in [1.165, 1.54) is 16.7 Å². The minimum atomic E-state index is 0.813. The fraction of sp³-hybridized carbons (Fsp3) is 0.273. The lowest BCUT2D eigenvalue weighted by atomic mass is 9.92. The highest BCUT2D eigenvalue weighted by atomic mass is 79.9. The molecule has 0 saturated heterocycles. The Kier molecular flexibility index (Phi) is 2.48. The molecule has 0 aromatic heterocycles. The van der Waals surface area contributed by atoms with Crippen molar-refractivity contribution in [3.05, 3.63) is 38.8 Å². The Labute approximate surface area is 91.7 Å². The summed E-state index contributed by atoms with van der Waals surface area (Å²) in [6.07, 6.45) is 4.53. The normalized spacial score (nSPS) is 15.2. The molecule has 68 valence electrons. The van der Waals surface area contributed by atoms with Gasteiger partial charge in [-0.05, 0) is 64.5 Å². The lowest BCUT2D eigenvalue weighted by molar-refractivity contribution is 0.974. The molecule has 0 nitrogen and oxygen atoms in total. The molecule has 1 aromatic carbocycles. The van der Waals surface area contributed by atoms with Crippen LogP contribution in [0.4, 0.5) is 0 Å². The second-order valence-electron chi connectivity index (χ2n) is 3.35. The number of hydrogen-bond donors (Lipinski definition) is 0. The van der Waals surface area contributed by atoms with Crippen LogP contribution in [-0.2, 0) is 6.42 Å². The van der Waals surface area contributed by atoms with Crippen molar-refractivity contribution in [1.82, 2.24) is 0 Å². The standard InChI is InChI=1S/C11H10BrCl/c1-7-3-2-4-8-5-11(13)10(12)6-9(7)8/h3,5-6H,2,4H2,1H3. The van der Waals surface area contributed by atoms with Gasteiger partial charge >= 0.3 is 0 Å². The van der Waals surface area contributed by atoms with Crippen LogP contribution >= 0.6 is 27.5 Å². The van der Waals surface area contributed by atoms with E-state index in [2.05, 4.69) is 41.1 Å². The van der Waals surface area contributed by atoms with E-state index in [0.717, 1.165) is 22.3 Å². The molecule has 0 radical (unpaired) electrons. The Hall–Kier alpha value is -0.270. The SMILES string of the molecule is CC1=CCCc2cc(Cl)c(Br)cc21. The van der Waals surface area contributed by atoms with Gasteiger partial charge in [0.2, 0.25) is 0 Å². The van der Waals surface area contributed by atoms with E-state index in [1.807, 2.05) is 0 Å². The molecule has 2 heteroatoms. The van der Waals surface area contributed by atoms with E-state index in [0.29, 0.717) is 0 Å². The maximum atomic E-state index is 6.03. The van der Waals surface area contributed by atoms with Gasteiger partial charge in [-0.1, -0.05) is 17.7 Å². The minimum Gasteiger partial charge on any atom is -0.0831 e. The molecule has 0 amide bonds. The zero-order valence-corrected chi connectivity index (χ0v) is 9.74. The Morgan fingerprint density at radius 2 is 2.15 bits per heavy atom. The molecule has 0 unspecified atom stereocenters. The number of aryl methyl sites for hydroxylation is 1. The van der Waals surface area contributed by atoms with Crippen molar-refractivity contribution in [1.29, 1.82) is 0 Å². The highest BCUT2D eigenvalue weighted by Crippen LogP contribution is 2.33. The molecule has 0 N–H and O–H groups in total. The lowest BCUT2D eigenvalue weighted by Gasteiger charge is -2.15. The first-order valence-electron chi connectivity index (χ1n) is 4.33. The number of fused-ring (bicyclic) bond motifs is 1. The highest BCUT2D eigenvalue weighted by molar-refractivity contribution is 9.10. The summed E-state index contributed by atoms with van der Waals surface area (Å²) >= 11 is 9.47. The molecule has 0 saturated carbocycles. The summed E-state index contributed by atoms with van der Waals surface area (Å²) in [7, 11) is 0. The van der Waals surface area contributed by atoms with Gasteiger partial charge in [-0.2, -0.15) is 0 Å². The number of rotatable bonds is 0. The van der Waals surface area contributed by atoms with Crippen LogP contribution in [0.25, 0.3) is 5.57 Å². The second-order valence-corrected chi connectivity index (χ2v) is 4.61. The third-order valence-electron chi connectivity index (χ3n) is 2.44. The van der Waals surface area contributed by atoms with E-state index >= 15 is 0 Å². The molecule has 1 aliphatic carbocycles. The molecule has 0 fully saturated rings. The molecule has 0 atom stereocenters. The zero-order chi connectivity index (χ0) is 9.42. The van der Waals surface area contributed by atoms with Crippen LogP contribution in [0.15, 0.2) is 22.7 Å². The fourth-order valence-electron chi connectivity index (χ4n) is 1.72. The van der Waals surface area contributed by atoms with Gasteiger partial charge in [0.1, 0.15) is 0 Å². The van der Waals surface area contributed by atoms with E-state index in [1.54, 1.807) is 0 Å². The van der Waals surface area contributed by atoms with Gasteiger partial charge < -0.3 is 0 Å². The largest absolute Gasteiger partial charge is 0.0831 e. The van der Waals surface area contributed by atoms with Crippen molar-refractivity contribution in [2.24, 2.45) is 0 Å². The summed E-state index contributed by atoms with van der Waals surface area (Å²) in [5, 5.41) is 0.813. The van der Waals surface area contributed by atoms with Crippen molar-refractivity contribution in [2.75, 3.05) is 0 Å². The minimum absolute atomic E-state index is 0.813. The Morgan fingerprint density at radius 1 is 1.38 bits per heavy atom. The van der Waals surface area contributed by atoms with Gasteiger partial charge in [0.25, 0.3) is 0 Å². The van der Waals surface area contributed by atoms with E-state index in [-0.39, 0.29) is 0 Å². The van der Waals surface area contributed by atoms with Crippen molar-refractivity contribution >= 4 is 33.1 Å². The van der Waals surface area contributed by atoms with Gasteiger partial charge in [0.05, 0.1) is 5.02 Å². The summed E-state index contributed by atoms with van der Waals surface area (Å²) in [4.78, 5) is 0. The third-order valence-corrected chi connectivity index (χ3v) is 3.63. The quantitative estimate of drug-likeness (QED) is 0.644. The maximum absolute atomic E-state index is 6.03. The van der Waals surface area contributed by atoms with Gasteiger partial charge in [0, 0.05) is 4.47 Å². The van der Waals surface area contributed by atoms with Gasteiger partial charge in [-0.3, -0.25) is 0 Å². The number of halogens is 2. The number of hydrogen-bond acceptors (Lipinski definition) is 0. The summed E-state index contributed by atoms with van der Waals surface area (Å²) in [5.74, 6) is 0. The van der Waals surface area contributed by atoms with Crippen molar-refractivity contribution in [3.8, 4) is 0 Å². The van der Waals surface area contributed by atoms with Crippen LogP contribution in [-0.4, -0.2) is 0 Å². The number of benzene rings is 1. The monoisotopic (exact) mass is 256 g/mol. The fourth-order valence-corrected chi connectivity index (χ4v) is 2.25. The van der Waals surface area contributed by atoms with Crippen LogP contribution < -0.4 is 0 Å². The first-order chi connectivity index (χ1) is 6.18. The van der Waals surface area contributed by atoms with Crippen molar-refractivity contribution < 1.29 is 0 Å². The highest BCUT2D eigenvalue weighted by Gasteiger charge is 2.11. The molecule has 1 aromatic rings. The zero-order valence-electron chi connectivity index (χ0n) is 7.40. The maximum Gasteiger partial charge on any atom is 0.0551 e. The predicted molar refractivity (Wildman–Crippen MR) is 61.1 cm³/mol. The molecule has 0 bridgehead atoms. The molecule has 0 spiro atoms. The Balaban J connectivity index is 2.61. The van der Waals surface area contributed by atoms with Gasteiger partial charge in [0.15, 0.2) is 0 Å². The van der Waals surface area contributed by atoms with Crippen LogP contribution in [0, 0.1) is 0 Å².